The second kappa shape index (κ2) is 12.1. The number of nitrogens with one attached hydrogen (secondary N) is 1. The molecule has 0 aliphatic rings. The first-order valence-corrected chi connectivity index (χ1v) is 11.9. The van der Waals surface area contributed by atoms with Crippen LogP contribution in [-0.4, -0.2) is 27.7 Å². The zero-order valence-electron chi connectivity index (χ0n) is 18.8. The van der Waals surface area contributed by atoms with E-state index in [1.807, 2.05) is 23.9 Å². The van der Waals surface area contributed by atoms with Crippen LogP contribution in [0.15, 0.2) is 71.8 Å². The van der Waals surface area contributed by atoms with Gasteiger partial charge in [0.25, 0.3) is 0 Å². The molecule has 1 heterocycles. The van der Waals surface area contributed by atoms with Gasteiger partial charge in [-0.25, -0.2) is 9.78 Å². The molecule has 3 rings (SSSR count). The number of carboxylic acids is 1. The van der Waals surface area contributed by atoms with Gasteiger partial charge in [-0.15, -0.1) is 11.8 Å². The number of pyridine rings is 1. The SMILES string of the molecule is CCC(CC)CSc1ccc(Oc2ccc(CC(=O)Nc3ccccc3C(=O)O)cn2)cc1. The number of para-hydroxylation sites is 1. The molecule has 0 fully saturated rings. The second-order valence-corrected chi connectivity index (χ2v) is 8.74. The molecule has 1 amide bonds. The zero-order chi connectivity index (χ0) is 23.6. The monoisotopic (exact) mass is 464 g/mol. The number of nitrogens with zero attached hydrogens (tertiary/aromatic N) is 1. The number of benzene rings is 2. The van der Waals surface area contributed by atoms with Crippen molar-refractivity contribution in [3.63, 3.8) is 0 Å². The summed E-state index contributed by atoms with van der Waals surface area (Å²) in [5.41, 5.74) is 1.01. The first kappa shape index (κ1) is 24.3. The molecule has 0 spiro atoms. The van der Waals surface area contributed by atoms with E-state index < -0.39 is 5.97 Å². The summed E-state index contributed by atoms with van der Waals surface area (Å²) in [6.45, 7) is 4.46. The Labute approximate surface area is 198 Å². The van der Waals surface area contributed by atoms with Crippen molar-refractivity contribution in [2.75, 3.05) is 11.1 Å². The molecule has 0 saturated heterocycles. The van der Waals surface area contributed by atoms with Gasteiger partial charge < -0.3 is 15.2 Å². The highest BCUT2D eigenvalue weighted by Crippen LogP contribution is 2.27. The quantitative estimate of drug-likeness (QED) is 0.325. The number of aromatic carboxylic acids is 1. The van der Waals surface area contributed by atoms with Crippen LogP contribution in [0.25, 0.3) is 0 Å². The number of rotatable bonds is 11. The number of anilines is 1. The molecule has 1 aromatic heterocycles. The van der Waals surface area contributed by atoms with Crippen molar-refractivity contribution in [3.8, 4) is 11.6 Å². The lowest BCUT2D eigenvalue weighted by molar-refractivity contribution is -0.115. The van der Waals surface area contributed by atoms with Crippen molar-refractivity contribution in [1.82, 2.24) is 4.98 Å². The van der Waals surface area contributed by atoms with Crippen LogP contribution in [0, 0.1) is 5.92 Å². The smallest absolute Gasteiger partial charge is 0.337 e. The molecular formula is C26H28N2O4S. The van der Waals surface area contributed by atoms with E-state index in [-0.39, 0.29) is 23.6 Å². The molecule has 3 aromatic rings. The molecule has 0 aliphatic carbocycles. The fourth-order valence-corrected chi connectivity index (χ4v) is 4.43. The predicted molar refractivity (Wildman–Crippen MR) is 131 cm³/mol. The van der Waals surface area contributed by atoms with E-state index in [4.69, 9.17) is 4.74 Å². The number of thioether (sulfide) groups is 1. The maximum atomic E-state index is 12.3. The van der Waals surface area contributed by atoms with E-state index in [1.54, 1.807) is 36.5 Å². The molecule has 0 radical (unpaired) electrons. The van der Waals surface area contributed by atoms with Crippen LogP contribution in [0.3, 0.4) is 0 Å². The molecule has 7 heteroatoms. The van der Waals surface area contributed by atoms with Gasteiger partial charge in [0.15, 0.2) is 0 Å². The summed E-state index contributed by atoms with van der Waals surface area (Å²) >= 11 is 1.86. The van der Waals surface area contributed by atoms with Crippen molar-refractivity contribution in [2.45, 2.75) is 38.0 Å². The number of hydrogen-bond donors (Lipinski definition) is 2. The van der Waals surface area contributed by atoms with Crippen LogP contribution in [0.4, 0.5) is 5.69 Å². The van der Waals surface area contributed by atoms with Crippen molar-refractivity contribution in [1.29, 1.82) is 0 Å². The highest BCUT2D eigenvalue weighted by Gasteiger charge is 2.12. The first-order valence-electron chi connectivity index (χ1n) is 11.0. The standard InChI is InChI=1S/C26H28N2O4S/c1-3-18(4-2)17-33-21-12-10-20(11-13-21)32-25-14-9-19(16-27-25)15-24(29)28-23-8-6-5-7-22(23)26(30)31/h5-14,16,18H,3-4,15,17H2,1-2H3,(H,28,29)(H,30,31). The molecular weight excluding hydrogens is 436 g/mol. The van der Waals surface area contributed by atoms with Crippen LogP contribution in [0.1, 0.15) is 42.6 Å². The van der Waals surface area contributed by atoms with Crippen LogP contribution in [0.2, 0.25) is 0 Å². The lowest BCUT2D eigenvalue weighted by atomic mass is 10.1. The number of carboxylic acid groups (broad SMARTS) is 1. The Kier molecular flexibility index (Phi) is 8.89. The van der Waals surface area contributed by atoms with Gasteiger partial charge in [0, 0.05) is 22.9 Å². The first-order chi connectivity index (χ1) is 16.0. The topological polar surface area (TPSA) is 88.5 Å². The maximum Gasteiger partial charge on any atom is 0.337 e. The summed E-state index contributed by atoms with van der Waals surface area (Å²) in [5, 5.41) is 11.9. The average Bonchev–Trinajstić information content (AvgIpc) is 2.82. The van der Waals surface area contributed by atoms with Gasteiger partial charge in [-0.05, 0) is 47.9 Å². The summed E-state index contributed by atoms with van der Waals surface area (Å²) < 4.78 is 5.81. The van der Waals surface area contributed by atoms with Crippen LogP contribution >= 0.6 is 11.8 Å². The van der Waals surface area contributed by atoms with Gasteiger partial charge in [0.2, 0.25) is 11.8 Å². The molecule has 0 aliphatic heterocycles. The summed E-state index contributed by atoms with van der Waals surface area (Å²) in [6.07, 6.45) is 4.05. The molecule has 0 unspecified atom stereocenters. The molecule has 2 aromatic carbocycles. The number of ether oxygens (including phenoxy) is 1. The lowest BCUT2D eigenvalue weighted by Crippen LogP contribution is -2.16. The van der Waals surface area contributed by atoms with E-state index in [1.165, 1.54) is 23.8 Å². The van der Waals surface area contributed by atoms with Gasteiger partial charge in [-0.2, -0.15) is 0 Å². The third kappa shape index (κ3) is 7.36. The minimum absolute atomic E-state index is 0.0488. The number of aromatic nitrogens is 1. The molecule has 33 heavy (non-hydrogen) atoms. The average molecular weight is 465 g/mol. The fraction of sp³-hybridized carbons (Fsp3) is 0.269. The second-order valence-electron chi connectivity index (χ2n) is 7.65. The van der Waals surface area contributed by atoms with E-state index in [0.717, 1.165) is 11.7 Å². The molecule has 6 nitrogen and oxygen atoms in total. The van der Waals surface area contributed by atoms with E-state index in [9.17, 15) is 14.7 Å². The minimum atomic E-state index is -1.09. The number of amides is 1. The predicted octanol–water partition coefficient (Wildman–Crippen LogP) is 6.28. The molecule has 172 valence electrons. The Balaban J connectivity index is 1.53. The Morgan fingerprint density at radius 2 is 1.76 bits per heavy atom. The van der Waals surface area contributed by atoms with Gasteiger partial charge in [0.1, 0.15) is 5.75 Å². The zero-order valence-corrected chi connectivity index (χ0v) is 19.6. The summed E-state index contributed by atoms with van der Waals surface area (Å²) in [4.78, 5) is 29.1. The number of hydrogen-bond acceptors (Lipinski definition) is 5. The normalized spacial score (nSPS) is 10.8. The van der Waals surface area contributed by atoms with Crippen molar-refractivity contribution in [3.05, 3.63) is 78.0 Å². The fourth-order valence-electron chi connectivity index (χ4n) is 3.20. The molecule has 2 N–H and O–H groups in total. The van der Waals surface area contributed by atoms with Crippen molar-refractivity contribution >= 4 is 29.3 Å². The Hall–Kier alpha value is -3.32. The van der Waals surface area contributed by atoms with Crippen LogP contribution in [0.5, 0.6) is 11.6 Å². The largest absolute Gasteiger partial charge is 0.478 e. The van der Waals surface area contributed by atoms with Crippen LogP contribution in [-0.2, 0) is 11.2 Å². The van der Waals surface area contributed by atoms with E-state index in [2.05, 4.69) is 36.3 Å². The Morgan fingerprint density at radius 3 is 2.39 bits per heavy atom. The highest BCUT2D eigenvalue weighted by molar-refractivity contribution is 7.99. The molecule has 0 atom stereocenters. The van der Waals surface area contributed by atoms with Gasteiger partial charge in [0.05, 0.1) is 17.7 Å². The maximum absolute atomic E-state index is 12.3. The Bertz CT molecular complexity index is 1060. The third-order valence-corrected chi connectivity index (χ3v) is 6.52. The van der Waals surface area contributed by atoms with E-state index in [0.29, 0.717) is 17.2 Å². The van der Waals surface area contributed by atoms with Crippen molar-refractivity contribution in [2.24, 2.45) is 5.92 Å². The lowest BCUT2D eigenvalue weighted by Gasteiger charge is -2.11. The summed E-state index contributed by atoms with van der Waals surface area (Å²) in [6, 6.07) is 17.7. The van der Waals surface area contributed by atoms with Gasteiger partial charge >= 0.3 is 5.97 Å². The Morgan fingerprint density at radius 1 is 1.03 bits per heavy atom. The summed E-state index contributed by atoms with van der Waals surface area (Å²) in [5.74, 6) is 1.58. The number of carbonyl (C=O) groups is 2. The van der Waals surface area contributed by atoms with Gasteiger partial charge in [-0.3, -0.25) is 4.79 Å². The van der Waals surface area contributed by atoms with Gasteiger partial charge in [-0.1, -0.05) is 44.9 Å². The number of carbonyl (C=O) groups excluding carboxylic acids is 1. The molecule has 0 saturated carbocycles. The molecule has 0 bridgehead atoms. The van der Waals surface area contributed by atoms with Crippen LogP contribution < -0.4 is 10.1 Å². The minimum Gasteiger partial charge on any atom is -0.478 e. The van der Waals surface area contributed by atoms with E-state index >= 15 is 0 Å². The summed E-state index contributed by atoms with van der Waals surface area (Å²) in [7, 11) is 0. The van der Waals surface area contributed by atoms with Crippen molar-refractivity contribution < 1.29 is 19.4 Å². The highest BCUT2D eigenvalue weighted by atomic mass is 32.2. The third-order valence-electron chi connectivity index (χ3n) is 5.28.